The summed E-state index contributed by atoms with van der Waals surface area (Å²) in [4.78, 5) is 2.52. The topological polar surface area (TPSA) is 21.7 Å². The number of nitrogens with zero attached hydrogens (tertiary/aromatic N) is 1. The zero-order valence-corrected chi connectivity index (χ0v) is 25.3. The molecule has 42 heavy (non-hydrogen) atoms. The Labute approximate surface area is 251 Å². The first-order valence-electron chi connectivity index (χ1n) is 15.4. The number of hydrogen-bond acceptors (Lipinski definition) is 3. The Bertz CT molecular complexity index is 1460. The smallest absolute Gasteiger partial charge is 0.122 e. The van der Waals surface area contributed by atoms with Crippen LogP contribution in [0.15, 0.2) is 127 Å². The summed E-state index contributed by atoms with van der Waals surface area (Å²) in [6.45, 7) is 7.20. The van der Waals surface area contributed by atoms with Crippen LogP contribution in [0.25, 0.3) is 0 Å². The molecule has 0 N–H and O–H groups in total. The minimum Gasteiger partial charge on any atom is -0.497 e. The number of hydrogen-bond donors (Lipinski definition) is 0. The Balaban J connectivity index is 1.44. The average molecular weight is 558 g/mol. The monoisotopic (exact) mass is 557 g/mol. The van der Waals surface area contributed by atoms with Gasteiger partial charge in [-0.15, -0.1) is 0 Å². The van der Waals surface area contributed by atoms with Crippen LogP contribution in [-0.2, 0) is 10.2 Å². The maximum Gasteiger partial charge on any atom is 0.122 e. The summed E-state index contributed by atoms with van der Waals surface area (Å²) in [5.74, 6) is 2.95. The second-order valence-corrected chi connectivity index (χ2v) is 12.6. The van der Waals surface area contributed by atoms with Crippen molar-refractivity contribution < 1.29 is 9.47 Å². The molecule has 4 aromatic carbocycles. The molecule has 2 aliphatic rings. The van der Waals surface area contributed by atoms with Crippen molar-refractivity contribution in [3.8, 4) is 5.75 Å². The molecule has 0 unspecified atom stereocenters. The van der Waals surface area contributed by atoms with Crippen molar-refractivity contribution in [2.24, 2.45) is 11.8 Å². The van der Waals surface area contributed by atoms with Gasteiger partial charge in [0.05, 0.1) is 13.2 Å². The minimum absolute atomic E-state index is 0.00120. The summed E-state index contributed by atoms with van der Waals surface area (Å²) in [6, 6.07) is 41.1. The van der Waals surface area contributed by atoms with Crippen molar-refractivity contribution in [2.75, 3.05) is 12.0 Å². The first-order valence-corrected chi connectivity index (χ1v) is 15.4. The van der Waals surface area contributed by atoms with E-state index in [1.165, 1.54) is 35.2 Å². The van der Waals surface area contributed by atoms with Crippen LogP contribution in [-0.4, -0.2) is 13.2 Å². The van der Waals surface area contributed by atoms with Gasteiger partial charge in [0.15, 0.2) is 0 Å². The highest BCUT2D eigenvalue weighted by Crippen LogP contribution is 2.50. The number of anilines is 1. The van der Waals surface area contributed by atoms with Gasteiger partial charge in [-0.25, -0.2) is 0 Å². The number of benzene rings is 4. The molecule has 0 bridgehead atoms. The van der Waals surface area contributed by atoms with E-state index < -0.39 is 0 Å². The van der Waals surface area contributed by atoms with Crippen molar-refractivity contribution >= 4 is 5.69 Å². The quantitative estimate of drug-likeness (QED) is 0.215. The molecular weight excluding hydrogens is 514 g/mol. The zero-order chi connectivity index (χ0) is 29.1. The molecule has 1 saturated carbocycles. The Hall–Kier alpha value is -3.98. The van der Waals surface area contributed by atoms with Crippen molar-refractivity contribution in [2.45, 2.75) is 63.6 Å². The Morgan fingerprint density at radius 3 is 1.98 bits per heavy atom. The van der Waals surface area contributed by atoms with Gasteiger partial charge in [0.1, 0.15) is 23.7 Å². The van der Waals surface area contributed by atoms with Gasteiger partial charge in [-0.05, 0) is 71.2 Å². The molecule has 3 nitrogen and oxygen atoms in total. The molecule has 0 radical (unpaired) electrons. The largest absolute Gasteiger partial charge is 0.497 e. The van der Waals surface area contributed by atoms with E-state index in [0.29, 0.717) is 11.8 Å². The molecule has 0 spiro atoms. The summed E-state index contributed by atoms with van der Waals surface area (Å²) in [6.07, 6.45) is 5.98. The molecule has 1 aliphatic carbocycles. The Morgan fingerprint density at radius 2 is 1.33 bits per heavy atom. The van der Waals surface area contributed by atoms with Crippen molar-refractivity contribution in [1.82, 2.24) is 0 Å². The molecular formula is C39H43NO2. The first kappa shape index (κ1) is 28.2. The maximum absolute atomic E-state index is 7.36. The van der Waals surface area contributed by atoms with Crippen LogP contribution in [0.1, 0.15) is 68.8 Å². The van der Waals surface area contributed by atoms with Gasteiger partial charge in [0, 0.05) is 11.6 Å². The summed E-state index contributed by atoms with van der Waals surface area (Å²) in [7, 11) is 1.72. The average Bonchev–Trinajstić information content (AvgIpc) is 3.41. The van der Waals surface area contributed by atoms with Gasteiger partial charge in [-0.1, -0.05) is 118 Å². The van der Waals surface area contributed by atoms with E-state index in [-0.39, 0.29) is 23.6 Å². The van der Waals surface area contributed by atoms with Gasteiger partial charge in [-0.2, -0.15) is 0 Å². The van der Waals surface area contributed by atoms with E-state index >= 15 is 0 Å². The third-order valence-electron chi connectivity index (χ3n) is 9.58. The summed E-state index contributed by atoms with van der Waals surface area (Å²) < 4.78 is 12.9. The lowest BCUT2D eigenvalue weighted by atomic mass is 9.64. The summed E-state index contributed by atoms with van der Waals surface area (Å²) >= 11 is 0. The van der Waals surface area contributed by atoms with Crippen molar-refractivity contribution in [1.29, 1.82) is 0 Å². The van der Waals surface area contributed by atoms with Gasteiger partial charge >= 0.3 is 0 Å². The summed E-state index contributed by atoms with van der Waals surface area (Å²) in [5.41, 5.74) is 5.03. The summed E-state index contributed by atoms with van der Waals surface area (Å²) in [5, 5.41) is 0. The van der Waals surface area contributed by atoms with Crippen LogP contribution >= 0.6 is 0 Å². The van der Waals surface area contributed by atoms with Gasteiger partial charge in [-0.3, -0.25) is 0 Å². The minimum atomic E-state index is -0.0544. The van der Waals surface area contributed by atoms with E-state index in [2.05, 4.69) is 147 Å². The lowest BCUT2D eigenvalue weighted by molar-refractivity contribution is -0.0154. The molecule has 0 saturated heterocycles. The molecule has 0 amide bonds. The van der Waals surface area contributed by atoms with Crippen molar-refractivity contribution in [3.63, 3.8) is 0 Å². The molecule has 5 atom stereocenters. The van der Waals surface area contributed by atoms with Crippen LogP contribution in [0.2, 0.25) is 0 Å². The number of methoxy groups -OCH3 is 1. The fraction of sp³-hybridized carbons (Fsp3) is 0.333. The lowest BCUT2D eigenvalue weighted by Gasteiger charge is -2.45. The SMILES string of the molecule is COc1ccc([C@H]2C(O[C@@H]3C[C@H](C)CC[C@H]3C(C)(C)c3ccccc3)=C[C@H](c3ccccc3)N2c2ccccc2)cc1. The maximum atomic E-state index is 7.36. The van der Waals surface area contributed by atoms with Crippen molar-refractivity contribution in [3.05, 3.63) is 144 Å². The van der Waals surface area contributed by atoms with Crippen LogP contribution in [0.5, 0.6) is 5.75 Å². The molecule has 216 valence electrons. The second kappa shape index (κ2) is 12.1. The molecule has 4 aromatic rings. The van der Waals surface area contributed by atoms with Crippen LogP contribution in [0, 0.1) is 11.8 Å². The molecule has 0 aromatic heterocycles. The van der Waals surface area contributed by atoms with E-state index in [1.54, 1.807) is 7.11 Å². The molecule has 6 rings (SSSR count). The van der Waals surface area contributed by atoms with Gasteiger partial charge in [0.25, 0.3) is 0 Å². The van der Waals surface area contributed by atoms with E-state index in [4.69, 9.17) is 9.47 Å². The predicted molar refractivity (Wildman–Crippen MR) is 173 cm³/mol. The highest BCUT2D eigenvalue weighted by Gasteiger charge is 2.44. The standard InChI is InChI=1S/C39H43NO2/c1-28-20-25-34(39(2,3)31-16-10-6-11-17-31)36(26-28)42-37-27-35(29-14-8-5-9-15-29)40(32-18-12-7-13-19-32)38(37)30-21-23-33(41-4)24-22-30/h5-19,21-24,27-28,34-36,38H,20,25-26H2,1-4H3/t28-,34-,35-,36-,38+/m1/s1. The normalized spacial score (nSPS) is 24.2. The van der Waals surface area contributed by atoms with E-state index in [0.717, 1.165) is 17.9 Å². The van der Waals surface area contributed by atoms with Crippen LogP contribution < -0.4 is 9.64 Å². The molecule has 1 heterocycles. The molecule has 1 fully saturated rings. The third-order valence-corrected chi connectivity index (χ3v) is 9.58. The Kier molecular flexibility index (Phi) is 8.11. The van der Waals surface area contributed by atoms with Gasteiger partial charge < -0.3 is 14.4 Å². The fourth-order valence-corrected chi connectivity index (χ4v) is 7.20. The van der Waals surface area contributed by atoms with Crippen LogP contribution in [0.4, 0.5) is 5.69 Å². The third kappa shape index (κ3) is 5.57. The Morgan fingerprint density at radius 1 is 0.714 bits per heavy atom. The number of ether oxygens (including phenoxy) is 2. The van der Waals surface area contributed by atoms with Crippen LogP contribution in [0.3, 0.4) is 0 Å². The zero-order valence-electron chi connectivity index (χ0n) is 25.3. The van der Waals surface area contributed by atoms with Gasteiger partial charge in [0.2, 0.25) is 0 Å². The molecule has 1 aliphatic heterocycles. The first-order chi connectivity index (χ1) is 20.5. The lowest BCUT2D eigenvalue weighted by Crippen LogP contribution is -2.43. The highest BCUT2D eigenvalue weighted by molar-refractivity contribution is 5.58. The fourth-order valence-electron chi connectivity index (χ4n) is 7.20. The second-order valence-electron chi connectivity index (χ2n) is 12.6. The van der Waals surface area contributed by atoms with E-state index in [1.807, 2.05) is 0 Å². The number of rotatable bonds is 8. The predicted octanol–water partition coefficient (Wildman–Crippen LogP) is 9.68. The number of para-hydroxylation sites is 1. The van der Waals surface area contributed by atoms with E-state index in [9.17, 15) is 0 Å². The highest BCUT2D eigenvalue weighted by atomic mass is 16.5. The molecule has 3 heteroatoms.